The third kappa shape index (κ3) is 3.21. The Morgan fingerprint density at radius 3 is 2.38 bits per heavy atom. The molecular formula is C21H28N4O3S. The van der Waals surface area contributed by atoms with Gasteiger partial charge in [0, 0.05) is 25.7 Å². The molecule has 2 aliphatic heterocycles. The monoisotopic (exact) mass is 416 g/mol. The van der Waals surface area contributed by atoms with E-state index in [9.17, 15) is 13.2 Å². The van der Waals surface area contributed by atoms with Gasteiger partial charge in [-0.05, 0) is 50.7 Å². The van der Waals surface area contributed by atoms with Crippen LogP contribution in [0.5, 0.6) is 0 Å². The Kier molecular flexibility index (Phi) is 4.96. The standard InChI is InChI=1S/C21H28N4O3S/c26-21-17-10-3-4-11-18(17)22-20(25(21)16-8-1-2-9-16)19-12-7-15-24(19)29(27,28)23-13-5-6-14-23/h3-4,10-11,16,19H,1-2,5-9,12-15H2. The number of hydrogen-bond donors (Lipinski definition) is 0. The molecule has 0 amide bonds. The second-order valence-electron chi connectivity index (χ2n) is 8.48. The van der Waals surface area contributed by atoms with Gasteiger partial charge in [0.05, 0.1) is 16.9 Å². The van der Waals surface area contributed by atoms with E-state index >= 15 is 0 Å². The Morgan fingerprint density at radius 2 is 1.62 bits per heavy atom. The van der Waals surface area contributed by atoms with E-state index in [1.165, 1.54) is 0 Å². The van der Waals surface area contributed by atoms with Crippen molar-refractivity contribution in [3.05, 3.63) is 40.4 Å². The summed E-state index contributed by atoms with van der Waals surface area (Å²) in [7, 11) is -3.53. The summed E-state index contributed by atoms with van der Waals surface area (Å²) in [5, 5.41) is 0.620. The van der Waals surface area contributed by atoms with E-state index in [-0.39, 0.29) is 17.6 Å². The van der Waals surface area contributed by atoms with Crippen molar-refractivity contribution in [2.45, 2.75) is 63.5 Å². The molecule has 1 atom stereocenters. The first-order chi connectivity index (χ1) is 14.1. The van der Waals surface area contributed by atoms with Gasteiger partial charge in [-0.15, -0.1) is 0 Å². The first kappa shape index (κ1) is 19.2. The second kappa shape index (κ2) is 7.49. The molecule has 156 valence electrons. The zero-order valence-electron chi connectivity index (χ0n) is 16.7. The highest BCUT2D eigenvalue weighted by molar-refractivity contribution is 7.86. The minimum atomic E-state index is -3.53. The minimum absolute atomic E-state index is 0.0251. The molecule has 0 spiro atoms. The van der Waals surface area contributed by atoms with Gasteiger partial charge in [0.1, 0.15) is 5.82 Å². The third-order valence-corrected chi connectivity index (χ3v) is 8.76. The predicted octanol–water partition coefficient (Wildman–Crippen LogP) is 2.99. The molecule has 1 aromatic carbocycles. The summed E-state index contributed by atoms with van der Waals surface area (Å²) < 4.78 is 31.7. The number of benzene rings is 1. The lowest BCUT2D eigenvalue weighted by atomic mass is 10.1. The molecule has 1 aromatic heterocycles. The summed E-state index contributed by atoms with van der Waals surface area (Å²) in [6, 6.07) is 7.18. The SMILES string of the molecule is O=c1c2ccccc2nc(C2CCCN2S(=O)(=O)N2CCCC2)n1C1CCCC1. The average Bonchev–Trinajstić information content (AvgIpc) is 3.50. The van der Waals surface area contributed by atoms with Gasteiger partial charge < -0.3 is 0 Å². The van der Waals surface area contributed by atoms with Crippen molar-refractivity contribution in [3.63, 3.8) is 0 Å². The summed E-state index contributed by atoms with van der Waals surface area (Å²) in [6.45, 7) is 1.68. The molecular weight excluding hydrogens is 388 g/mol. The van der Waals surface area contributed by atoms with Crippen LogP contribution in [0.4, 0.5) is 0 Å². The predicted molar refractivity (Wildman–Crippen MR) is 112 cm³/mol. The quantitative estimate of drug-likeness (QED) is 0.768. The first-order valence-corrected chi connectivity index (χ1v) is 12.2. The number of fused-ring (bicyclic) bond motifs is 1. The fourth-order valence-corrected chi connectivity index (χ4v) is 7.15. The maximum atomic E-state index is 13.5. The van der Waals surface area contributed by atoms with E-state index < -0.39 is 10.2 Å². The van der Waals surface area contributed by atoms with Gasteiger partial charge in [-0.3, -0.25) is 9.36 Å². The van der Waals surface area contributed by atoms with E-state index in [1.807, 2.05) is 28.8 Å². The zero-order chi connectivity index (χ0) is 20.0. The molecule has 1 unspecified atom stereocenters. The molecule has 3 aliphatic rings. The van der Waals surface area contributed by atoms with Crippen LogP contribution in [0.15, 0.2) is 29.1 Å². The molecule has 3 heterocycles. The Labute approximate surface area is 171 Å². The molecule has 2 aromatic rings. The van der Waals surface area contributed by atoms with Crippen molar-refractivity contribution in [1.29, 1.82) is 0 Å². The Balaban J connectivity index is 1.65. The van der Waals surface area contributed by atoms with Crippen LogP contribution in [0.2, 0.25) is 0 Å². The van der Waals surface area contributed by atoms with Gasteiger partial charge in [0.25, 0.3) is 15.8 Å². The van der Waals surface area contributed by atoms with Gasteiger partial charge >= 0.3 is 0 Å². The van der Waals surface area contributed by atoms with Crippen molar-refractivity contribution >= 4 is 21.1 Å². The largest absolute Gasteiger partial charge is 0.292 e. The van der Waals surface area contributed by atoms with Crippen molar-refractivity contribution < 1.29 is 8.42 Å². The number of aromatic nitrogens is 2. The van der Waals surface area contributed by atoms with E-state index in [1.54, 1.807) is 8.61 Å². The molecule has 0 N–H and O–H groups in total. The molecule has 1 saturated carbocycles. The van der Waals surface area contributed by atoms with Crippen LogP contribution in [0.1, 0.15) is 69.3 Å². The van der Waals surface area contributed by atoms with E-state index in [2.05, 4.69) is 0 Å². The van der Waals surface area contributed by atoms with Crippen LogP contribution in [0, 0.1) is 0 Å². The molecule has 2 saturated heterocycles. The second-order valence-corrected chi connectivity index (χ2v) is 10.4. The van der Waals surface area contributed by atoms with Crippen LogP contribution >= 0.6 is 0 Å². The first-order valence-electron chi connectivity index (χ1n) is 10.9. The lowest BCUT2D eigenvalue weighted by Gasteiger charge is -2.30. The lowest BCUT2D eigenvalue weighted by molar-refractivity contribution is 0.323. The van der Waals surface area contributed by atoms with Gasteiger partial charge in [-0.2, -0.15) is 17.0 Å². The maximum Gasteiger partial charge on any atom is 0.282 e. The lowest BCUT2D eigenvalue weighted by Crippen LogP contribution is -2.43. The van der Waals surface area contributed by atoms with Crippen molar-refractivity contribution in [1.82, 2.24) is 18.2 Å². The summed E-state index contributed by atoms with van der Waals surface area (Å²) in [5.41, 5.74) is 0.634. The fourth-order valence-electron chi connectivity index (χ4n) is 5.25. The number of para-hydroxylation sites is 1. The van der Waals surface area contributed by atoms with Gasteiger partial charge in [-0.25, -0.2) is 4.98 Å². The van der Waals surface area contributed by atoms with Crippen molar-refractivity contribution in [2.24, 2.45) is 0 Å². The molecule has 0 bridgehead atoms. The van der Waals surface area contributed by atoms with Crippen LogP contribution in [0.25, 0.3) is 10.9 Å². The maximum absolute atomic E-state index is 13.5. The summed E-state index contributed by atoms with van der Waals surface area (Å²) >= 11 is 0. The molecule has 7 nitrogen and oxygen atoms in total. The fraction of sp³-hybridized carbons (Fsp3) is 0.619. The highest BCUT2D eigenvalue weighted by Gasteiger charge is 2.42. The van der Waals surface area contributed by atoms with Crippen LogP contribution < -0.4 is 5.56 Å². The highest BCUT2D eigenvalue weighted by atomic mass is 32.2. The summed E-state index contributed by atoms with van der Waals surface area (Å²) in [5.74, 6) is 0.640. The smallest absolute Gasteiger partial charge is 0.282 e. The molecule has 0 radical (unpaired) electrons. The highest BCUT2D eigenvalue weighted by Crippen LogP contribution is 2.38. The minimum Gasteiger partial charge on any atom is -0.292 e. The molecule has 5 rings (SSSR count). The number of nitrogens with zero attached hydrogens (tertiary/aromatic N) is 4. The number of hydrogen-bond acceptors (Lipinski definition) is 4. The van der Waals surface area contributed by atoms with Gasteiger partial charge in [0.15, 0.2) is 0 Å². The van der Waals surface area contributed by atoms with Crippen LogP contribution in [-0.2, 0) is 10.2 Å². The summed E-state index contributed by atoms with van der Waals surface area (Å²) in [4.78, 5) is 18.3. The van der Waals surface area contributed by atoms with Crippen molar-refractivity contribution in [3.8, 4) is 0 Å². The Bertz CT molecular complexity index is 1070. The van der Waals surface area contributed by atoms with Crippen molar-refractivity contribution in [2.75, 3.05) is 19.6 Å². The topological polar surface area (TPSA) is 75.5 Å². The van der Waals surface area contributed by atoms with Crippen LogP contribution in [-0.4, -0.2) is 46.2 Å². The molecule has 8 heteroatoms. The molecule has 3 fully saturated rings. The summed E-state index contributed by atoms with van der Waals surface area (Å²) in [6.07, 6.45) is 7.46. The Hall–Kier alpha value is -1.77. The van der Waals surface area contributed by atoms with E-state index in [0.717, 1.165) is 44.9 Å². The normalized spacial score (nSPS) is 24.8. The zero-order valence-corrected chi connectivity index (χ0v) is 17.5. The molecule has 29 heavy (non-hydrogen) atoms. The molecule has 1 aliphatic carbocycles. The third-order valence-electron chi connectivity index (χ3n) is 6.71. The number of rotatable bonds is 4. The van der Waals surface area contributed by atoms with E-state index in [4.69, 9.17) is 4.98 Å². The average molecular weight is 417 g/mol. The van der Waals surface area contributed by atoms with E-state index in [0.29, 0.717) is 42.8 Å². The van der Waals surface area contributed by atoms with Gasteiger partial charge in [-0.1, -0.05) is 25.0 Å². The Morgan fingerprint density at radius 1 is 0.897 bits per heavy atom. The van der Waals surface area contributed by atoms with Crippen LogP contribution in [0.3, 0.4) is 0 Å². The van der Waals surface area contributed by atoms with Gasteiger partial charge in [0.2, 0.25) is 0 Å².